The second-order valence-corrected chi connectivity index (χ2v) is 8.47. The van der Waals surface area contributed by atoms with Crippen molar-refractivity contribution in [3.8, 4) is 11.5 Å². The van der Waals surface area contributed by atoms with Crippen LogP contribution < -0.4 is 9.47 Å². The molecule has 1 aliphatic heterocycles. The lowest BCUT2D eigenvalue weighted by Crippen LogP contribution is -2.08. The van der Waals surface area contributed by atoms with Crippen LogP contribution in [0.15, 0.2) is 36.4 Å². The van der Waals surface area contributed by atoms with Gasteiger partial charge < -0.3 is 14.6 Å². The van der Waals surface area contributed by atoms with Gasteiger partial charge in [-0.05, 0) is 47.8 Å². The first kappa shape index (κ1) is 18.9. The summed E-state index contributed by atoms with van der Waals surface area (Å²) in [4.78, 5) is 11.3. The van der Waals surface area contributed by atoms with Gasteiger partial charge in [0.05, 0.1) is 17.3 Å². The van der Waals surface area contributed by atoms with Crippen molar-refractivity contribution < 1.29 is 23.8 Å². The Labute approximate surface area is 160 Å². The van der Waals surface area contributed by atoms with Gasteiger partial charge in [0.15, 0.2) is 11.6 Å². The molecular formula is C19H19FO4S2. The van der Waals surface area contributed by atoms with Crippen molar-refractivity contribution in [3.05, 3.63) is 58.9 Å². The second-order valence-electron chi connectivity index (χ2n) is 5.75. The van der Waals surface area contributed by atoms with Crippen molar-refractivity contribution in [2.24, 2.45) is 0 Å². The topological polar surface area (TPSA) is 55.8 Å². The van der Waals surface area contributed by atoms with Crippen LogP contribution in [0, 0.1) is 5.82 Å². The quantitative estimate of drug-likeness (QED) is 0.746. The van der Waals surface area contributed by atoms with E-state index in [0.29, 0.717) is 5.56 Å². The molecule has 0 radical (unpaired) electrons. The molecule has 4 nitrogen and oxygen atoms in total. The molecule has 1 fully saturated rings. The molecule has 1 N–H and O–H groups in total. The molecule has 0 unspecified atom stereocenters. The highest BCUT2D eigenvalue weighted by atomic mass is 32.2. The molecule has 1 heterocycles. The summed E-state index contributed by atoms with van der Waals surface area (Å²) in [5.74, 6) is 1.03. The lowest BCUT2D eigenvalue weighted by molar-refractivity contribution is 0.0696. The summed E-state index contributed by atoms with van der Waals surface area (Å²) in [5.41, 5.74) is 1.43. The third-order valence-electron chi connectivity index (χ3n) is 3.94. The van der Waals surface area contributed by atoms with Gasteiger partial charge in [-0.1, -0.05) is 12.1 Å². The highest BCUT2D eigenvalue weighted by molar-refractivity contribution is 8.16. The molecule has 0 amide bonds. The van der Waals surface area contributed by atoms with Crippen molar-refractivity contribution >= 4 is 29.5 Å². The largest absolute Gasteiger partial charge is 0.497 e. The van der Waals surface area contributed by atoms with Crippen molar-refractivity contribution in [1.29, 1.82) is 0 Å². The fourth-order valence-electron chi connectivity index (χ4n) is 2.61. The number of carbonyl (C=O) groups is 1. The predicted octanol–water partition coefficient (Wildman–Crippen LogP) is 4.98. The van der Waals surface area contributed by atoms with E-state index in [1.165, 1.54) is 6.07 Å². The summed E-state index contributed by atoms with van der Waals surface area (Å²) in [7, 11) is 1.59. The Morgan fingerprint density at radius 1 is 1.23 bits per heavy atom. The molecular weight excluding hydrogens is 375 g/mol. The minimum Gasteiger partial charge on any atom is -0.497 e. The average molecular weight is 394 g/mol. The highest BCUT2D eigenvalue weighted by Crippen LogP contribution is 2.48. The number of ether oxygens (including phenoxy) is 2. The highest BCUT2D eigenvalue weighted by Gasteiger charge is 2.25. The molecule has 7 heteroatoms. The molecule has 2 aromatic carbocycles. The first-order chi connectivity index (χ1) is 12.6. The molecule has 0 atom stereocenters. The Kier molecular flexibility index (Phi) is 6.32. The van der Waals surface area contributed by atoms with Crippen LogP contribution in [-0.2, 0) is 6.61 Å². The molecule has 3 rings (SSSR count). The standard InChI is InChI=1S/C19H19FO4S2/c1-23-14-5-3-12(4-6-14)11-24-17-15(19-25-7-2-8-26-19)9-13(18(21)22)10-16(17)20/h3-6,9-10,19H,2,7-8,11H2,1H3,(H,21,22). The van der Waals surface area contributed by atoms with E-state index in [2.05, 4.69) is 0 Å². The van der Waals surface area contributed by atoms with E-state index in [-0.39, 0.29) is 22.5 Å². The zero-order valence-electron chi connectivity index (χ0n) is 14.2. The third-order valence-corrected chi connectivity index (χ3v) is 6.92. The Morgan fingerprint density at radius 3 is 2.54 bits per heavy atom. The summed E-state index contributed by atoms with van der Waals surface area (Å²) in [6.07, 6.45) is 1.09. The number of methoxy groups -OCH3 is 1. The number of carboxylic acids is 1. The summed E-state index contributed by atoms with van der Waals surface area (Å²) < 4.78 is 25.5. The first-order valence-electron chi connectivity index (χ1n) is 8.14. The molecule has 0 spiro atoms. The predicted molar refractivity (Wildman–Crippen MR) is 103 cm³/mol. The Hall–Kier alpha value is -1.86. The van der Waals surface area contributed by atoms with Gasteiger partial charge in [-0.25, -0.2) is 9.18 Å². The zero-order chi connectivity index (χ0) is 18.5. The average Bonchev–Trinajstić information content (AvgIpc) is 2.67. The monoisotopic (exact) mass is 394 g/mol. The SMILES string of the molecule is COc1ccc(COc2c(F)cc(C(=O)O)cc2C2SCCCS2)cc1. The molecule has 0 aliphatic carbocycles. The Bertz CT molecular complexity index is 774. The summed E-state index contributed by atoms with van der Waals surface area (Å²) in [6, 6.07) is 9.89. The molecule has 0 saturated carbocycles. The number of benzene rings is 2. The molecule has 2 aromatic rings. The lowest BCUT2D eigenvalue weighted by atomic mass is 10.1. The maximum atomic E-state index is 14.6. The fourth-order valence-corrected chi connectivity index (χ4v) is 5.51. The van der Waals surface area contributed by atoms with Crippen LogP contribution in [0.4, 0.5) is 4.39 Å². The Morgan fingerprint density at radius 2 is 1.92 bits per heavy atom. The minimum atomic E-state index is -1.14. The maximum absolute atomic E-state index is 14.6. The van der Waals surface area contributed by atoms with Gasteiger partial charge >= 0.3 is 5.97 Å². The van der Waals surface area contributed by atoms with Crippen molar-refractivity contribution in [3.63, 3.8) is 0 Å². The number of carboxylic acid groups (broad SMARTS) is 1. The third kappa shape index (κ3) is 4.45. The number of thioether (sulfide) groups is 2. The smallest absolute Gasteiger partial charge is 0.335 e. The molecule has 0 aromatic heterocycles. The van der Waals surface area contributed by atoms with Gasteiger partial charge in [-0.2, -0.15) is 0 Å². The number of hydrogen-bond acceptors (Lipinski definition) is 5. The van der Waals surface area contributed by atoms with Crippen molar-refractivity contribution in [1.82, 2.24) is 0 Å². The van der Waals surface area contributed by atoms with Gasteiger partial charge in [0.25, 0.3) is 0 Å². The van der Waals surface area contributed by atoms with Crippen LogP contribution in [0.2, 0.25) is 0 Å². The van der Waals surface area contributed by atoms with E-state index in [1.54, 1.807) is 30.6 Å². The normalized spacial score (nSPS) is 14.8. The maximum Gasteiger partial charge on any atom is 0.335 e. The molecule has 0 bridgehead atoms. The van der Waals surface area contributed by atoms with E-state index in [4.69, 9.17) is 9.47 Å². The van der Waals surface area contributed by atoms with Gasteiger partial charge in [0, 0.05) is 5.56 Å². The number of rotatable bonds is 6. The summed E-state index contributed by atoms with van der Waals surface area (Å²) in [5, 5.41) is 9.25. The summed E-state index contributed by atoms with van der Waals surface area (Å²) in [6.45, 7) is 0.197. The van der Waals surface area contributed by atoms with Gasteiger partial charge in [0.1, 0.15) is 12.4 Å². The molecule has 138 valence electrons. The molecule has 1 saturated heterocycles. The van der Waals surface area contributed by atoms with Gasteiger partial charge in [-0.15, -0.1) is 23.5 Å². The van der Waals surface area contributed by atoms with E-state index in [1.807, 2.05) is 24.3 Å². The molecule has 1 aliphatic rings. The van der Waals surface area contributed by atoms with Crippen LogP contribution in [0.25, 0.3) is 0 Å². The van der Waals surface area contributed by atoms with Crippen molar-refractivity contribution in [2.75, 3.05) is 18.6 Å². The Balaban J connectivity index is 1.86. The van der Waals surface area contributed by atoms with Crippen LogP contribution in [0.1, 0.15) is 32.5 Å². The minimum absolute atomic E-state index is 0.0246. The van der Waals surface area contributed by atoms with Crippen molar-refractivity contribution in [2.45, 2.75) is 17.6 Å². The van der Waals surface area contributed by atoms with Gasteiger partial charge in [0.2, 0.25) is 0 Å². The van der Waals surface area contributed by atoms with E-state index in [0.717, 1.165) is 35.3 Å². The first-order valence-corrected chi connectivity index (χ1v) is 10.2. The van der Waals surface area contributed by atoms with Crippen LogP contribution in [0.5, 0.6) is 11.5 Å². The van der Waals surface area contributed by atoms with Gasteiger partial charge in [-0.3, -0.25) is 0 Å². The summed E-state index contributed by atoms with van der Waals surface area (Å²) >= 11 is 3.39. The lowest BCUT2D eigenvalue weighted by Gasteiger charge is -2.24. The number of halogens is 1. The van der Waals surface area contributed by atoms with E-state index < -0.39 is 11.8 Å². The van der Waals surface area contributed by atoms with Crippen LogP contribution in [0.3, 0.4) is 0 Å². The number of hydrogen-bond donors (Lipinski definition) is 1. The van der Waals surface area contributed by atoms with E-state index in [9.17, 15) is 14.3 Å². The number of aromatic carboxylic acids is 1. The van der Waals surface area contributed by atoms with Crippen LogP contribution >= 0.6 is 23.5 Å². The second kappa shape index (κ2) is 8.68. The van der Waals surface area contributed by atoms with Crippen LogP contribution in [-0.4, -0.2) is 29.7 Å². The molecule has 26 heavy (non-hydrogen) atoms. The zero-order valence-corrected chi connectivity index (χ0v) is 15.9. The van der Waals surface area contributed by atoms with E-state index >= 15 is 0 Å². The fraction of sp³-hybridized carbons (Fsp3) is 0.316.